The third-order valence-electron chi connectivity index (χ3n) is 5.47. The summed E-state index contributed by atoms with van der Waals surface area (Å²) in [4.78, 5) is 31.3. The van der Waals surface area contributed by atoms with E-state index >= 15 is 0 Å². The van der Waals surface area contributed by atoms with Crippen LogP contribution in [-0.2, 0) is 23.3 Å². The number of oxazole rings is 1. The molecular formula is C23H21ClFN3O3. The van der Waals surface area contributed by atoms with E-state index in [4.69, 9.17) is 16.0 Å². The van der Waals surface area contributed by atoms with Gasteiger partial charge >= 0.3 is 0 Å². The first kappa shape index (κ1) is 21.1. The fourth-order valence-corrected chi connectivity index (χ4v) is 3.96. The maximum atomic E-state index is 14.4. The molecule has 0 saturated carbocycles. The fraction of sp³-hybridized carbons (Fsp3) is 0.261. The van der Waals surface area contributed by atoms with Gasteiger partial charge in [0.1, 0.15) is 11.6 Å². The van der Waals surface area contributed by atoms with Crippen molar-refractivity contribution in [1.29, 1.82) is 0 Å². The zero-order valence-corrected chi connectivity index (χ0v) is 18.1. The molecule has 2 amide bonds. The number of hydrogen-bond acceptors (Lipinski definition) is 4. The Hall–Kier alpha value is -3.19. The second-order valence-electron chi connectivity index (χ2n) is 7.98. The molecule has 0 fully saturated rings. The number of benzene rings is 2. The van der Waals surface area contributed by atoms with Crippen LogP contribution in [-0.4, -0.2) is 16.8 Å². The summed E-state index contributed by atoms with van der Waals surface area (Å²) in [5, 5.41) is 3.02. The first-order chi connectivity index (χ1) is 14.7. The van der Waals surface area contributed by atoms with Gasteiger partial charge in [0.05, 0.1) is 24.7 Å². The third-order valence-corrected chi connectivity index (χ3v) is 5.83. The average Bonchev–Trinajstić information content (AvgIpc) is 3.23. The van der Waals surface area contributed by atoms with E-state index in [1.165, 1.54) is 17.0 Å². The molecule has 0 saturated heterocycles. The van der Waals surface area contributed by atoms with E-state index in [1.807, 2.05) is 13.8 Å². The van der Waals surface area contributed by atoms with Crippen LogP contribution in [0, 0.1) is 12.7 Å². The number of halogens is 2. The van der Waals surface area contributed by atoms with Crippen molar-refractivity contribution in [3.8, 4) is 0 Å². The van der Waals surface area contributed by atoms with Crippen molar-refractivity contribution in [2.24, 2.45) is 0 Å². The van der Waals surface area contributed by atoms with Gasteiger partial charge in [-0.1, -0.05) is 23.7 Å². The summed E-state index contributed by atoms with van der Waals surface area (Å²) in [5.74, 6) is 0.0707. The predicted molar refractivity (Wildman–Crippen MR) is 114 cm³/mol. The lowest BCUT2D eigenvalue weighted by Crippen LogP contribution is -2.36. The lowest BCUT2D eigenvalue weighted by molar-refractivity contribution is -0.122. The molecule has 0 atom stereocenters. The molecule has 0 bridgehead atoms. The van der Waals surface area contributed by atoms with Gasteiger partial charge in [0.2, 0.25) is 5.91 Å². The number of aromatic nitrogens is 1. The molecule has 6 nitrogen and oxygen atoms in total. The number of amides is 2. The third kappa shape index (κ3) is 3.81. The quantitative estimate of drug-likeness (QED) is 0.631. The van der Waals surface area contributed by atoms with Crippen molar-refractivity contribution in [3.63, 3.8) is 0 Å². The highest BCUT2D eigenvalue weighted by molar-refractivity contribution is 6.31. The molecule has 1 aliphatic rings. The van der Waals surface area contributed by atoms with Gasteiger partial charge < -0.3 is 14.6 Å². The molecule has 3 aromatic rings. The number of fused-ring (bicyclic) bond motifs is 1. The van der Waals surface area contributed by atoms with Crippen LogP contribution in [0.2, 0.25) is 5.02 Å². The molecule has 2 heterocycles. The number of rotatable bonds is 5. The van der Waals surface area contributed by atoms with Gasteiger partial charge in [-0.15, -0.1) is 0 Å². The molecule has 1 aromatic heterocycles. The molecule has 160 valence electrons. The Kier molecular flexibility index (Phi) is 5.31. The monoisotopic (exact) mass is 441 g/mol. The lowest BCUT2D eigenvalue weighted by atomic mass is 9.86. The maximum Gasteiger partial charge on any atom is 0.251 e. The van der Waals surface area contributed by atoms with Crippen LogP contribution < -0.4 is 10.2 Å². The van der Waals surface area contributed by atoms with E-state index in [0.717, 1.165) is 5.56 Å². The highest BCUT2D eigenvalue weighted by Gasteiger charge is 2.44. The van der Waals surface area contributed by atoms with E-state index in [-0.39, 0.29) is 35.5 Å². The number of anilines is 1. The lowest BCUT2D eigenvalue weighted by Gasteiger charge is -2.21. The van der Waals surface area contributed by atoms with Gasteiger partial charge in [-0.2, -0.15) is 0 Å². The molecule has 2 aromatic carbocycles. The van der Waals surface area contributed by atoms with Crippen LogP contribution in [0.1, 0.15) is 47.0 Å². The number of nitrogens with zero attached hydrogens (tertiary/aromatic N) is 2. The summed E-state index contributed by atoms with van der Waals surface area (Å²) in [6.45, 7) is 5.51. The standard InChI is InChI=1S/C23H21ClFN3O3/c1-13-26-10-15(31-13)11-27-21(29)14-7-8-17-20(9-14)28(22(30)23(17,2)3)12-16-18(24)5-4-6-19(16)25/h4-10H,11-12H2,1-3H3,(H,27,29). The van der Waals surface area contributed by atoms with Crippen LogP contribution in [0.3, 0.4) is 0 Å². The van der Waals surface area contributed by atoms with Gasteiger partial charge in [-0.3, -0.25) is 9.59 Å². The van der Waals surface area contributed by atoms with Crippen LogP contribution in [0.4, 0.5) is 10.1 Å². The minimum Gasteiger partial charge on any atom is -0.444 e. The SMILES string of the molecule is Cc1ncc(CNC(=O)c2ccc3c(c2)N(Cc2c(F)cccc2Cl)C(=O)C3(C)C)o1. The van der Waals surface area contributed by atoms with Crippen LogP contribution in [0.15, 0.2) is 47.0 Å². The minimum atomic E-state index is -0.806. The molecule has 0 unspecified atom stereocenters. The van der Waals surface area contributed by atoms with Crippen LogP contribution >= 0.6 is 11.6 Å². The first-order valence-electron chi connectivity index (χ1n) is 9.77. The normalized spacial score (nSPS) is 14.6. The number of carbonyl (C=O) groups excluding carboxylic acids is 2. The zero-order chi connectivity index (χ0) is 22.3. The van der Waals surface area contributed by atoms with E-state index in [9.17, 15) is 14.0 Å². The van der Waals surface area contributed by atoms with Gasteiger partial charge in [0.25, 0.3) is 5.91 Å². The maximum absolute atomic E-state index is 14.4. The Bertz CT molecular complexity index is 1170. The van der Waals surface area contributed by atoms with E-state index in [0.29, 0.717) is 22.9 Å². The Morgan fingerprint density at radius 2 is 2.06 bits per heavy atom. The zero-order valence-electron chi connectivity index (χ0n) is 17.3. The summed E-state index contributed by atoms with van der Waals surface area (Å²) >= 11 is 6.18. The number of nitrogens with one attached hydrogen (secondary N) is 1. The minimum absolute atomic E-state index is 0.0246. The largest absolute Gasteiger partial charge is 0.444 e. The Morgan fingerprint density at radius 1 is 1.29 bits per heavy atom. The van der Waals surface area contributed by atoms with Crippen molar-refractivity contribution in [2.45, 2.75) is 39.3 Å². The van der Waals surface area contributed by atoms with Gasteiger partial charge in [0.15, 0.2) is 5.89 Å². The summed E-state index contributed by atoms with van der Waals surface area (Å²) in [6.07, 6.45) is 1.55. The molecule has 1 aliphatic heterocycles. The van der Waals surface area contributed by atoms with Crippen molar-refractivity contribution >= 4 is 29.1 Å². The van der Waals surface area contributed by atoms with Crippen molar-refractivity contribution in [1.82, 2.24) is 10.3 Å². The topological polar surface area (TPSA) is 75.4 Å². The first-order valence-corrected chi connectivity index (χ1v) is 10.1. The van der Waals surface area contributed by atoms with E-state index in [1.54, 1.807) is 37.4 Å². The predicted octanol–water partition coefficient (Wildman–Crippen LogP) is 4.53. The fourth-order valence-electron chi connectivity index (χ4n) is 3.74. The van der Waals surface area contributed by atoms with Crippen molar-refractivity contribution in [3.05, 3.63) is 81.8 Å². The van der Waals surface area contributed by atoms with Crippen molar-refractivity contribution in [2.75, 3.05) is 4.90 Å². The molecule has 0 spiro atoms. The summed E-state index contributed by atoms with van der Waals surface area (Å²) in [7, 11) is 0. The van der Waals surface area contributed by atoms with Gasteiger partial charge in [-0.25, -0.2) is 9.37 Å². The second kappa shape index (κ2) is 7.81. The Balaban J connectivity index is 1.64. The molecule has 8 heteroatoms. The molecule has 0 aliphatic carbocycles. The average molecular weight is 442 g/mol. The van der Waals surface area contributed by atoms with Gasteiger partial charge in [-0.05, 0) is 43.7 Å². The molecular weight excluding hydrogens is 421 g/mol. The number of aryl methyl sites for hydroxylation is 1. The van der Waals surface area contributed by atoms with E-state index in [2.05, 4.69) is 10.3 Å². The van der Waals surface area contributed by atoms with Gasteiger partial charge in [0, 0.05) is 28.8 Å². The smallest absolute Gasteiger partial charge is 0.251 e. The second-order valence-corrected chi connectivity index (χ2v) is 8.38. The summed E-state index contributed by atoms with van der Waals surface area (Å²) < 4.78 is 19.7. The molecule has 31 heavy (non-hydrogen) atoms. The summed E-state index contributed by atoms with van der Waals surface area (Å²) in [5.41, 5.74) is 1.14. The summed E-state index contributed by atoms with van der Waals surface area (Å²) in [6, 6.07) is 9.50. The van der Waals surface area contributed by atoms with Crippen LogP contribution in [0.25, 0.3) is 0 Å². The molecule has 4 rings (SSSR count). The van der Waals surface area contributed by atoms with Crippen molar-refractivity contribution < 1.29 is 18.4 Å². The van der Waals surface area contributed by atoms with Crippen LogP contribution in [0.5, 0.6) is 0 Å². The Labute approximate surface area is 184 Å². The molecule has 0 radical (unpaired) electrons. The molecule has 1 N–H and O–H groups in total. The highest BCUT2D eigenvalue weighted by atomic mass is 35.5. The number of carbonyl (C=O) groups is 2. The Morgan fingerprint density at radius 3 is 2.74 bits per heavy atom. The van der Waals surface area contributed by atoms with E-state index < -0.39 is 11.2 Å². The number of hydrogen-bond donors (Lipinski definition) is 1. The highest BCUT2D eigenvalue weighted by Crippen LogP contribution is 2.43.